The average molecular weight is 346 g/mol. The van der Waals surface area contributed by atoms with Crippen molar-refractivity contribution in [3.05, 3.63) is 29.7 Å². The summed E-state index contributed by atoms with van der Waals surface area (Å²) < 4.78 is 4.28. The van der Waals surface area contributed by atoms with Crippen LogP contribution in [0.3, 0.4) is 0 Å². The van der Waals surface area contributed by atoms with E-state index in [0.717, 1.165) is 54.7 Å². The molecule has 0 spiro atoms. The smallest absolute Gasteiger partial charge is 0.220 e. The quantitative estimate of drug-likeness (QED) is 0.828. The number of carbonyl (C=O) groups excluding carboxylic acids is 1. The van der Waals surface area contributed by atoms with Crippen molar-refractivity contribution in [1.29, 1.82) is 0 Å². The average Bonchev–Trinajstić information content (AvgIpc) is 3.08. The van der Waals surface area contributed by atoms with E-state index in [2.05, 4.69) is 30.6 Å². The maximum absolute atomic E-state index is 11.3. The van der Waals surface area contributed by atoms with Gasteiger partial charge in [-0.15, -0.1) is 0 Å². The summed E-state index contributed by atoms with van der Waals surface area (Å²) in [5.41, 5.74) is 6.53. The molecule has 0 atom stereocenters. The van der Waals surface area contributed by atoms with Crippen molar-refractivity contribution >= 4 is 28.4 Å². The van der Waals surface area contributed by atoms with Crippen molar-refractivity contribution in [3.8, 4) is 0 Å². The van der Waals surface area contributed by atoms with Crippen molar-refractivity contribution in [2.75, 3.05) is 23.3 Å². The highest BCUT2D eigenvalue weighted by atomic mass is 32.1. The molecule has 3 heterocycles. The summed E-state index contributed by atoms with van der Waals surface area (Å²) in [5, 5.41) is 4.15. The molecule has 3 N–H and O–H groups in total. The lowest BCUT2D eigenvalue weighted by Gasteiger charge is -2.32. The van der Waals surface area contributed by atoms with Gasteiger partial charge in [-0.1, -0.05) is 13.0 Å². The summed E-state index contributed by atoms with van der Waals surface area (Å²) in [5.74, 6) is 1.62. The fourth-order valence-corrected chi connectivity index (χ4v) is 3.51. The van der Waals surface area contributed by atoms with Crippen LogP contribution in [-0.2, 0) is 17.8 Å². The van der Waals surface area contributed by atoms with Crippen LogP contribution in [0.5, 0.6) is 0 Å². The summed E-state index contributed by atoms with van der Waals surface area (Å²) >= 11 is 1.38. The second-order valence-corrected chi connectivity index (χ2v) is 6.62. The third-order valence-electron chi connectivity index (χ3n) is 4.28. The van der Waals surface area contributed by atoms with Crippen LogP contribution >= 0.6 is 11.5 Å². The topological polar surface area (TPSA) is 97.0 Å². The second-order valence-electron chi connectivity index (χ2n) is 5.87. The first-order valence-corrected chi connectivity index (χ1v) is 8.99. The van der Waals surface area contributed by atoms with Crippen molar-refractivity contribution in [1.82, 2.24) is 14.3 Å². The third kappa shape index (κ3) is 3.81. The number of anilines is 2. The van der Waals surface area contributed by atoms with E-state index in [4.69, 9.17) is 5.73 Å². The molecule has 1 aliphatic heterocycles. The standard InChI is InChI=1S/C16H22N6OS/c1-2-13-20-16(24-21-13)19-10-12-4-3-7-18-15(12)22-8-5-11(6-9-22)14(17)23/h3-4,7,11H,2,5-6,8-10H2,1H3,(H2,17,23)(H,19,20,21). The van der Waals surface area contributed by atoms with Gasteiger partial charge in [-0.05, 0) is 18.9 Å². The number of aromatic nitrogens is 3. The first-order valence-electron chi connectivity index (χ1n) is 8.22. The highest BCUT2D eigenvalue weighted by molar-refractivity contribution is 7.09. The number of piperidine rings is 1. The van der Waals surface area contributed by atoms with Crippen LogP contribution in [-0.4, -0.2) is 33.3 Å². The molecule has 0 saturated carbocycles. The van der Waals surface area contributed by atoms with Gasteiger partial charge in [-0.3, -0.25) is 4.79 Å². The number of nitrogens with two attached hydrogens (primary N) is 1. The van der Waals surface area contributed by atoms with Crippen LogP contribution in [0.2, 0.25) is 0 Å². The molecule has 24 heavy (non-hydrogen) atoms. The number of aryl methyl sites for hydroxylation is 1. The molecule has 7 nitrogen and oxygen atoms in total. The molecule has 0 unspecified atom stereocenters. The molecule has 8 heteroatoms. The van der Waals surface area contributed by atoms with Crippen LogP contribution in [0.4, 0.5) is 10.9 Å². The van der Waals surface area contributed by atoms with Gasteiger partial charge in [0.1, 0.15) is 11.6 Å². The molecular formula is C16H22N6OS. The lowest BCUT2D eigenvalue weighted by molar-refractivity contribution is -0.122. The largest absolute Gasteiger partial charge is 0.369 e. The molecule has 0 radical (unpaired) electrons. The number of pyridine rings is 1. The molecule has 0 bridgehead atoms. The van der Waals surface area contributed by atoms with E-state index in [0.29, 0.717) is 6.54 Å². The van der Waals surface area contributed by atoms with Crippen LogP contribution < -0.4 is 16.0 Å². The maximum Gasteiger partial charge on any atom is 0.220 e. The Hall–Kier alpha value is -2.22. The molecule has 0 aromatic carbocycles. The van der Waals surface area contributed by atoms with Gasteiger partial charge in [0, 0.05) is 55.3 Å². The number of carbonyl (C=O) groups is 1. The number of hydrogen-bond acceptors (Lipinski definition) is 7. The lowest BCUT2D eigenvalue weighted by Crippen LogP contribution is -2.39. The van der Waals surface area contributed by atoms with Crippen molar-refractivity contribution in [3.63, 3.8) is 0 Å². The zero-order valence-corrected chi connectivity index (χ0v) is 14.6. The van der Waals surface area contributed by atoms with Gasteiger partial charge < -0.3 is 16.0 Å². The van der Waals surface area contributed by atoms with E-state index in [1.807, 2.05) is 13.0 Å². The van der Waals surface area contributed by atoms with Crippen LogP contribution in [0.15, 0.2) is 18.3 Å². The first-order chi connectivity index (χ1) is 11.7. The Morgan fingerprint density at radius 2 is 2.25 bits per heavy atom. The molecule has 3 rings (SSSR count). The van der Waals surface area contributed by atoms with E-state index in [-0.39, 0.29) is 11.8 Å². The van der Waals surface area contributed by atoms with Crippen molar-refractivity contribution < 1.29 is 4.79 Å². The van der Waals surface area contributed by atoms with Gasteiger partial charge >= 0.3 is 0 Å². The van der Waals surface area contributed by atoms with Gasteiger partial charge in [-0.2, -0.15) is 4.37 Å². The third-order valence-corrected chi connectivity index (χ3v) is 4.99. The van der Waals surface area contributed by atoms with Crippen LogP contribution in [0.1, 0.15) is 31.2 Å². The zero-order chi connectivity index (χ0) is 16.9. The van der Waals surface area contributed by atoms with Crippen LogP contribution in [0.25, 0.3) is 0 Å². The number of amides is 1. The SMILES string of the molecule is CCc1nsc(NCc2cccnc2N2CCC(C(N)=O)CC2)n1. The predicted molar refractivity (Wildman–Crippen MR) is 95.0 cm³/mol. The van der Waals surface area contributed by atoms with E-state index in [9.17, 15) is 4.79 Å². The summed E-state index contributed by atoms with van der Waals surface area (Å²) in [6.45, 7) is 4.30. The summed E-state index contributed by atoms with van der Waals surface area (Å²) in [6, 6.07) is 4.01. The van der Waals surface area contributed by atoms with Gasteiger partial charge in [-0.25, -0.2) is 9.97 Å². The Morgan fingerprint density at radius 3 is 2.92 bits per heavy atom. The van der Waals surface area contributed by atoms with Gasteiger partial charge in [0.05, 0.1) is 0 Å². The first kappa shape index (κ1) is 16.6. The monoisotopic (exact) mass is 346 g/mol. The van der Waals surface area contributed by atoms with E-state index in [1.165, 1.54) is 11.5 Å². The number of rotatable bonds is 6. The summed E-state index contributed by atoms with van der Waals surface area (Å²) in [7, 11) is 0. The van der Waals surface area contributed by atoms with Crippen molar-refractivity contribution in [2.24, 2.45) is 11.7 Å². The molecule has 1 saturated heterocycles. The molecule has 128 valence electrons. The van der Waals surface area contributed by atoms with E-state index < -0.39 is 0 Å². The highest BCUT2D eigenvalue weighted by Crippen LogP contribution is 2.25. The number of primary amides is 1. The van der Waals surface area contributed by atoms with Gasteiger partial charge in [0.2, 0.25) is 11.0 Å². The number of hydrogen-bond donors (Lipinski definition) is 2. The van der Waals surface area contributed by atoms with E-state index >= 15 is 0 Å². The van der Waals surface area contributed by atoms with E-state index in [1.54, 1.807) is 6.20 Å². The summed E-state index contributed by atoms with van der Waals surface area (Å²) in [6.07, 6.45) is 4.22. The Kier molecular flexibility index (Phi) is 5.24. The molecular weight excluding hydrogens is 324 g/mol. The Bertz CT molecular complexity index is 695. The fourth-order valence-electron chi connectivity index (χ4n) is 2.87. The van der Waals surface area contributed by atoms with Crippen LogP contribution in [0, 0.1) is 5.92 Å². The molecule has 1 amide bonds. The normalized spacial score (nSPS) is 15.5. The molecule has 2 aromatic rings. The van der Waals surface area contributed by atoms with Crippen molar-refractivity contribution in [2.45, 2.75) is 32.7 Å². The van der Waals surface area contributed by atoms with Gasteiger partial charge in [0.25, 0.3) is 0 Å². The number of nitrogens with one attached hydrogen (secondary N) is 1. The Labute approximate surface area is 145 Å². The Morgan fingerprint density at radius 1 is 1.46 bits per heavy atom. The fraction of sp³-hybridized carbons (Fsp3) is 0.500. The lowest BCUT2D eigenvalue weighted by atomic mass is 9.96. The molecule has 1 aliphatic rings. The minimum absolute atomic E-state index is 0.0135. The minimum atomic E-state index is -0.194. The molecule has 0 aliphatic carbocycles. The highest BCUT2D eigenvalue weighted by Gasteiger charge is 2.24. The molecule has 1 fully saturated rings. The predicted octanol–water partition coefficient (Wildman–Crippen LogP) is 1.81. The Balaban J connectivity index is 1.66. The van der Waals surface area contributed by atoms with Gasteiger partial charge in [0.15, 0.2) is 0 Å². The molecule has 2 aromatic heterocycles. The zero-order valence-electron chi connectivity index (χ0n) is 13.7. The number of nitrogens with zero attached hydrogens (tertiary/aromatic N) is 4. The second kappa shape index (κ2) is 7.57. The summed E-state index contributed by atoms with van der Waals surface area (Å²) in [4.78, 5) is 22.5. The maximum atomic E-state index is 11.3. The minimum Gasteiger partial charge on any atom is -0.369 e.